The molecule has 108 valence electrons. The van der Waals surface area contributed by atoms with Gasteiger partial charge in [0.05, 0.1) is 5.39 Å². The summed E-state index contributed by atoms with van der Waals surface area (Å²) in [6.45, 7) is 3.61. The normalized spacial score (nSPS) is 11.0. The SMILES string of the molecule is Cc1ccc(N(CCCN)c2ncnc3sccc23)cc1. The van der Waals surface area contributed by atoms with E-state index in [0.29, 0.717) is 6.54 Å². The minimum Gasteiger partial charge on any atom is -0.330 e. The molecular weight excluding hydrogens is 280 g/mol. The quantitative estimate of drug-likeness (QED) is 0.783. The van der Waals surface area contributed by atoms with Crippen molar-refractivity contribution in [3.63, 3.8) is 0 Å². The smallest absolute Gasteiger partial charge is 0.145 e. The van der Waals surface area contributed by atoms with Gasteiger partial charge in [-0.15, -0.1) is 11.3 Å². The topological polar surface area (TPSA) is 55.0 Å². The molecule has 0 saturated carbocycles. The number of aromatic nitrogens is 2. The Morgan fingerprint density at radius 2 is 1.95 bits per heavy atom. The zero-order valence-corrected chi connectivity index (χ0v) is 12.8. The molecule has 0 saturated heterocycles. The maximum Gasteiger partial charge on any atom is 0.145 e. The van der Waals surface area contributed by atoms with Crippen molar-refractivity contribution in [1.29, 1.82) is 0 Å². The predicted molar refractivity (Wildman–Crippen MR) is 89.3 cm³/mol. The number of thiophene rings is 1. The van der Waals surface area contributed by atoms with Gasteiger partial charge in [0.15, 0.2) is 0 Å². The van der Waals surface area contributed by atoms with Crippen LogP contribution in [0.25, 0.3) is 10.2 Å². The highest BCUT2D eigenvalue weighted by molar-refractivity contribution is 7.16. The maximum atomic E-state index is 5.69. The molecule has 5 heteroatoms. The zero-order valence-electron chi connectivity index (χ0n) is 12.0. The summed E-state index contributed by atoms with van der Waals surface area (Å²) in [6, 6.07) is 10.6. The largest absolute Gasteiger partial charge is 0.330 e. The third-order valence-electron chi connectivity index (χ3n) is 3.43. The lowest BCUT2D eigenvalue weighted by atomic mass is 10.2. The second kappa shape index (κ2) is 6.20. The van der Waals surface area contributed by atoms with Gasteiger partial charge in [-0.25, -0.2) is 9.97 Å². The number of anilines is 2. The Kier molecular flexibility index (Phi) is 4.13. The summed E-state index contributed by atoms with van der Waals surface area (Å²) >= 11 is 1.64. The number of nitrogens with zero attached hydrogens (tertiary/aromatic N) is 3. The number of rotatable bonds is 5. The molecule has 0 amide bonds. The first-order chi connectivity index (χ1) is 10.3. The first kappa shape index (κ1) is 14.0. The van der Waals surface area contributed by atoms with Crippen LogP contribution >= 0.6 is 11.3 Å². The maximum absolute atomic E-state index is 5.69. The molecule has 0 radical (unpaired) electrons. The van der Waals surface area contributed by atoms with Crippen molar-refractivity contribution in [2.75, 3.05) is 18.0 Å². The van der Waals surface area contributed by atoms with E-state index in [4.69, 9.17) is 5.73 Å². The van der Waals surface area contributed by atoms with E-state index in [1.54, 1.807) is 17.7 Å². The van der Waals surface area contributed by atoms with Crippen molar-refractivity contribution in [2.24, 2.45) is 5.73 Å². The van der Waals surface area contributed by atoms with Crippen LogP contribution in [0.4, 0.5) is 11.5 Å². The van der Waals surface area contributed by atoms with Crippen molar-refractivity contribution >= 4 is 33.1 Å². The van der Waals surface area contributed by atoms with E-state index < -0.39 is 0 Å². The van der Waals surface area contributed by atoms with Crippen LogP contribution < -0.4 is 10.6 Å². The second-order valence-electron chi connectivity index (χ2n) is 4.97. The van der Waals surface area contributed by atoms with Crippen LogP contribution in [0, 0.1) is 6.92 Å². The highest BCUT2D eigenvalue weighted by Crippen LogP contribution is 2.31. The number of hydrogen-bond acceptors (Lipinski definition) is 5. The van der Waals surface area contributed by atoms with Gasteiger partial charge in [-0.05, 0) is 43.5 Å². The van der Waals surface area contributed by atoms with Gasteiger partial charge >= 0.3 is 0 Å². The molecule has 0 fully saturated rings. The van der Waals surface area contributed by atoms with Gasteiger partial charge in [-0.2, -0.15) is 0 Å². The number of nitrogens with two attached hydrogens (primary N) is 1. The highest BCUT2D eigenvalue weighted by Gasteiger charge is 2.14. The Balaban J connectivity index is 2.06. The van der Waals surface area contributed by atoms with Crippen LogP contribution in [0.2, 0.25) is 0 Å². The Labute approximate surface area is 128 Å². The van der Waals surface area contributed by atoms with Crippen molar-refractivity contribution in [3.05, 3.63) is 47.6 Å². The van der Waals surface area contributed by atoms with Gasteiger partial charge in [0.1, 0.15) is 17.0 Å². The van der Waals surface area contributed by atoms with Crippen LogP contribution in [0.15, 0.2) is 42.0 Å². The third-order valence-corrected chi connectivity index (χ3v) is 4.25. The molecular formula is C16H18N4S. The van der Waals surface area contributed by atoms with Crippen LogP contribution in [0.5, 0.6) is 0 Å². The first-order valence-electron chi connectivity index (χ1n) is 7.02. The molecule has 2 heterocycles. The predicted octanol–water partition coefficient (Wildman–Crippen LogP) is 3.49. The molecule has 3 aromatic rings. The van der Waals surface area contributed by atoms with E-state index in [1.807, 2.05) is 0 Å². The summed E-state index contributed by atoms with van der Waals surface area (Å²) < 4.78 is 0. The molecule has 2 aromatic heterocycles. The summed E-state index contributed by atoms with van der Waals surface area (Å²) in [5.74, 6) is 0.957. The number of benzene rings is 1. The molecule has 0 spiro atoms. The second-order valence-corrected chi connectivity index (χ2v) is 5.86. The number of hydrogen-bond donors (Lipinski definition) is 1. The highest BCUT2D eigenvalue weighted by atomic mass is 32.1. The molecule has 0 aliphatic rings. The lowest BCUT2D eigenvalue weighted by molar-refractivity contribution is 0.811. The van der Waals surface area contributed by atoms with Gasteiger partial charge in [-0.3, -0.25) is 0 Å². The summed E-state index contributed by atoms with van der Waals surface area (Å²) in [7, 11) is 0. The Morgan fingerprint density at radius 1 is 1.14 bits per heavy atom. The van der Waals surface area contributed by atoms with E-state index in [9.17, 15) is 0 Å². The molecule has 0 aliphatic carbocycles. The lowest BCUT2D eigenvalue weighted by Gasteiger charge is -2.24. The Bertz CT molecular complexity index is 720. The van der Waals surface area contributed by atoms with Gasteiger partial charge < -0.3 is 10.6 Å². The fourth-order valence-corrected chi connectivity index (χ4v) is 3.05. The standard InChI is InChI=1S/C16H18N4S/c1-12-3-5-13(6-4-12)20(9-2-8-17)15-14-7-10-21-16(14)19-11-18-15/h3-7,10-11H,2,8-9,17H2,1H3. The fourth-order valence-electron chi connectivity index (χ4n) is 2.32. The molecule has 1 aromatic carbocycles. The molecule has 0 aliphatic heterocycles. The number of fused-ring (bicyclic) bond motifs is 1. The summed E-state index contributed by atoms with van der Waals surface area (Å²) in [4.78, 5) is 12.1. The molecule has 4 nitrogen and oxygen atoms in total. The molecule has 0 bridgehead atoms. The van der Waals surface area contributed by atoms with Crippen molar-refractivity contribution in [2.45, 2.75) is 13.3 Å². The van der Waals surface area contributed by atoms with Gasteiger partial charge in [0.25, 0.3) is 0 Å². The van der Waals surface area contributed by atoms with Crippen LogP contribution in [-0.2, 0) is 0 Å². The minimum absolute atomic E-state index is 0.667. The Morgan fingerprint density at radius 3 is 2.71 bits per heavy atom. The van der Waals surface area contributed by atoms with Gasteiger partial charge in [-0.1, -0.05) is 17.7 Å². The molecule has 0 unspecified atom stereocenters. The van der Waals surface area contributed by atoms with Gasteiger partial charge in [0, 0.05) is 12.2 Å². The third kappa shape index (κ3) is 2.89. The lowest BCUT2D eigenvalue weighted by Crippen LogP contribution is -2.22. The Hall–Kier alpha value is -1.98. The van der Waals surface area contributed by atoms with Gasteiger partial charge in [0.2, 0.25) is 0 Å². The fraction of sp³-hybridized carbons (Fsp3) is 0.250. The van der Waals surface area contributed by atoms with Crippen LogP contribution in [-0.4, -0.2) is 23.1 Å². The van der Waals surface area contributed by atoms with Crippen LogP contribution in [0.3, 0.4) is 0 Å². The average Bonchev–Trinajstić information content (AvgIpc) is 2.98. The molecule has 0 atom stereocenters. The zero-order chi connectivity index (χ0) is 14.7. The molecule has 3 rings (SSSR count). The first-order valence-corrected chi connectivity index (χ1v) is 7.90. The minimum atomic E-state index is 0.667. The summed E-state index contributed by atoms with van der Waals surface area (Å²) in [6.07, 6.45) is 2.56. The summed E-state index contributed by atoms with van der Waals surface area (Å²) in [5.41, 5.74) is 8.08. The summed E-state index contributed by atoms with van der Waals surface area (Å²) in [5, 5.41) is 3.15. The van der Waals surface area contributed by atoms with E-state index in [0.717, 1.165) is 34.7 Å². The van der Waals surface area contributed by atoms with Crippen molar-refractivity contribution in [1.82, 2.24) is 9.97 Å². The van der Waals surface area contributed by atoms with Crippen LogP contribution in [0.1, 0.15) is 12.0 Å². The monoisotopic (exact) mass is 298 g/mol. The number of aryl methyl sites for hydroxylation is 1. The molecule has 21 heavy (non-hydrogen) atoms. The van der Waals surface area contributed by atoms with E-state index in [1.165, 1.54) is 5.56 Å². The van der Waals surface area contributed by atoms with Crippen molar-refractivity contribution in [3.8, 4) is 0 Å². The average molecular weight is 298 g/mol. The van der Waals surface area contributed by atoms with E-state index in [-0.39, 0.29) is 0 Å². The molecule has 2 N–H and O–H groups in total. The van der Waals surface area contributed by atoms with E-state index in [2.05, 4.69) is 57.5 Å². The van der Waals surface area contributed by atoms with Crippen molar-refractivity contribution < 1.29 is 0 Å². The van der Waals surface area contributed by atoms with E-state index >= 15 is 0 Å².